The summed E-state index contributed by atoms with van der Waals surface area (Å²) in [7, 11) is 0. The second-order valence-electron chi connectivity index (χ2n) is 5.87. The van der Waals surface area contributed by atoms with Crippen molar-refractivity contribution >= 4 is 23.2 Å². The zero-order valence-corrected chi connectivity index (χ0v) is 13.8. The van der Waals surface area contributed by atoms with Crippen LogP contribution in [0.1, 0.15) is 56.2 Å². The lowest BCUT2D eigenvalue weighted by Gasteiger charge is -2.27. The molecular weight excluding hydrogens is 300 g/mol. The van der Waals surface area contributed by atoms with Gasteiger partial charge in [-0.3, -0.25) is 9.59 Å². The van der Waals surface area contributed by atoms with Gasteiger partial charge in [-0.1, -0.05) is 32.6 Å². The van der Waals surface area contributed by atoms with E-state index in [1.165, 1.54) is 0 Å². The van der Waals surface area contributed by atoms with Gasteiger partial charge >= 0.3 is 5.97 Å². The lowest BCUT2D eigenvalue weighted by molar-refractivity contribution is -0.143. The lowest BCUT2D eigenvalue weighted by Crippen LogP contribution is -2.44. The minimum absolute atomic E-state index is 0.121. The number of hydrogen-bond donors (Lipinski definition) is 2. The standard InChI is InChI=1S/C16H24N2O3S/c1-2-15-17-11(10-22-15)9-14(19)18-13-8-6-4-3-5-7-12(13)16(20)21/h10,12-13H,2-9H2,1H3,(H,18,19)(H,20,21). The van der Waals surface area contributed by atoms with Gasteiger partial charge in [-0.25, -0.2) is 4.98 Å². The van der Waals surface area contributed by atoms with Crippen molar-refractivity contribution in [3.05, 3.63) is 16.1 Å². The summed E-state index contributed by atoms with van der Waals surface area (Å²) in [4.78, 5) is 28.0. The Bertz CT molecular complexity index is 515. The van der Waals surface area contributed by atoms with Crippen LogP contribution in [-0.2, 0) is 22.4 Å². The highest BCUT2D eigenvalue weighted by Gasteiger charge is 2.29. The fourth-order valence-electron chi connectivity index (χ4n) is 2.97. The maximum atomic E-state index is 12.2. The minimum Gasteiger partial charge on any atom is -0.481 e. The zero-order valence-electron chi connectivity index (χ0n) is 13.0. The van der Waals surface area contributed by atoms with E-state index in [4.69, 9.17) is 0 Å². The van der Waals surface area contributed by atoms with Crippen LogP contribution >= 0.6 is 11.3 Å². The summed E-state index contributed by atoms with van der Waals surface area (Å²) < 4.78 is 0. The molecule has 2 rings (SSSR count). The molecule has 1 fully saturated rings. The minimum atomic E-state index is -0.797. The summed E-state index contributed by atoms with van der Waals surface area (Å²) in [6, 6.07) is -0.255. The van der Waals surface area contributed by atoms with E-state index in [9.17, 15) is 14.7 Å². The van der Waals surface area contributed by atoms with Crippen LogP contribution in [0.4, 0.5) is 0 Å². The van der Waals surface area contributed by atoms with E-state index in [-0.39, 0.29) is 18.4 Å². The van der Waals surface area contributed by atoms with Crippen LogP contribution in [0.5, 0.6) is 0 Å². The molecule has 0 spiro atoms. The topological polar surface area (TPSA) is 79.3 Å². The summed E-state index contributed by atoms with van der Waals surface area (Å²) >= 11 is 1.56. The Morgan fingerprint density at radius 3 is 2.68 bits per heavy atom. The second-order valence-corrected chi connectivity index (χ2v) is 6.82. The van der Waals surface area contributed by atoms with Gasteiger partial charge in [0.05, 0.1) is 23.0 Å². The maximum Gasteiger partial charge on any atom is 0.308 e. The normalized spacial score (nSPS) is 22.6. The van der Waals surface area contributed by atoms with Crippen molar-refractivity contribution in [1.82, 2.24) is 10.3 Å². The number of hydrogen-bond acceptors (Lipinski definition) is 4. The van der Waals surface area contributed by atoms with Crippen molar-refractivity contribution < 1.29 is 14.7 Å². The molecule has 0 radical (unpaired) electrons. The number of nitrogens with one attached hydrogen (secondary N) is 1. The van der Waals surface area contributed by atoms with Gasteiger partial charge in [0.15, 0.2) is 0 Å². The zero-order chi connectivity index (χ0) is 15.9. The first-order valence-corrected chi connectivity index (χ1v) is 8.93. The van der Waals surface area contributed by atoms with Crippen molar-refractivity contribution in [1.29, 1.82) is 0 Å². The number of carboxylic acids is 1. The highest BCUT2D eigenvalue weighted by Crippen LogP contribution is 2.23. The highest BCUT2D eigenvalue weighted by molar-refractivity contribution is 7.09. The molecule has 1 heterocycles. The Kier molecular flexibility index (Phi) is 6.36. The Balaban J connectivity index is 1.95. The SMILES string of the molecule is CCc1nc(CC(=O)NC2CCCCCCC2C(=O)O)cs1. The molecule has 1 aromatic heterocycles. The van der Waals surface area contributed by atoms with E-state index in [1.807, 2.05) is 12.3 Å². The molecule has 2 atom stereocenters. The van der Waals surface area contributed by atoms with E-state index in [2.05, 4.69) is 10.3 Å². The molecule has 0 saturated heterocycles. The predicted molar refractivity (Wildman–Crippen MR) is 86.0 cm³/mol. The maximum absolute atomic E-state index is 12.2. The molecule has 0 aromatic carbocycles. The van der Waals surface area contributed by atoms with Gasteiger partial charge in [0, 0.05) is 11.4 Å². The third-order valence-corrected chi connectivity index (χ3v) is 5.21. The molecule has 1 amide bonds. The lowest BCUT2D eigenvalue weighted by atomic mass is 9.86. The van der Waals surface area contributed by atoms with Crippen molar-refractivity contribution in [2.75, 3.05) is 0 Å². The van der Waals surface area contributed by atoms with E-state index >= 15 is 0 Å². The van der Waals surface area contributed by atoms with Gasteiger partial charge in [0.2, 0.25) is 5.91 Å². The molecule has 5 nitrogen and oxygen atoms in total. The number of thiazole rings is 1. The van der Waals surface area contributed by atoms with E-state index < -0.39 is 11.9 Å². The smallest absolute Gasteiger partial charge is 0.308 e. The molecule has 1 aliphatic carbocycles. The van der Waals surface area contributed by atoms with Gasteiger partial charge in [-0.15, -0.1) is 11.3 Å². The number of carbonyl (C=O) groups is 2. The van der Waals surface area contributed by atoms with E-state index in [1.54, 1.807) is 11.3 Å². The van der Waals surface area contributed by atoms with Gasteiger partial charge in [0.1, 0.15) is 0 Å². The Hall–Kier alpha value is -1.43. The molecule has 2 N–H and O–H groups in total. The van der Waals surface area contributed by atoms with Crippen molar-refractivity contribution in [3.63, 3.8) is 0 Å². The first-order valence-electron chi connectivity index (χ1n) is 8.05. The third-order valence-electron chi connectivity index (χ3n) is 4.17. The first-order chi connectivity index (χ1) is 10.6. The summed E-state index contributed by atoms with van der Waals surface area (Å²) in [6.45, 7) is 2.04. The molecule has 6 heteroatoms. The Labute approximate surface area is 135 Å². The number of aryl methyl sites for hydroxylation is 1. The van der Waals surface area contributed by atoms with Gasteiger partial charge in [-0.2, -0.15) is 0 Å². The monoisotopic (exact) mass is 324 g/mol. The van der Waals surface area contributed by atoms with Crippen molar-refractivity contribution in [2.24, 2.45) is 5.92 Å². The Morgan fingerprint density at radius 1 is 1.32 bits per heavy atom. The van der Waals surface area contributed by atoms with Gasteiger partial charge < -0.3 is 10.4 Å². The highest BCUT2D eigenvalue weighted by atomic mass is 32.1. The Morgan fingerprint density at radius 2 is 2.05 bits per heavy atom. The van der Waals surface area contributed by atoms with Gasteiger partial charge in [0.25, 0.3) is 0 Å². The largest absolute Gasteiger partial charge is 0.481 e. The first kappa shape index (κ1) is 16.9. The molecule has 0 bridgehead atoms. The number of aromatic nitrogens is 1. The van der Waals surface area contributed by atoms with Gasteiger partial charge in [-0.05, 0) is 19.3 Å². The number of amides is 1. The van der Waals surface area contributed by atoms with Crippen LogP contribution in [0.2, 0.25) is 0 Å². The number of aliphatic carboxylic acids is 1. The number of nitrogens with zero attached hydrogens (tertiary/aromatic N) is 1. The number of carboxylic acid groups (broad SMARTS) is 1. The van der Waals surface area contributed by atoms with Crippen LogP contribution in [0, 0.1) is 5.92 Å². The fraction of sp³-hybridized carbons (Fsp3) is 0.688. The number of rotatable bonds is 5. The second kappa shape index (κ2) is 8.27. The fourth-order valence-corrected chi connectivity index (χ4v) is 3.71. The van der Waals surface area contributed by atoms with Crippen LogP contribution in [0.3, 0.4) is 0 Å². The van der Waals surface area contributed by atoms with Crippen LogP contribution < -0.4 is 5.32 Å². The summed E-state index contributed by atoms with van der Waals surface area (Å²) in [5.74, 6) is -1.38. The van der Waals surface area contributed by atoms with Crippen LogP contribution in [0.25, 0.3) is 0 Å². The molecule has 0 aliphatic heterocycles. The molecule has 1 saturated carbocycles. The van der Waals surface area contributed by atoms with E-state index in [0.717, 1.165) is 49.2 Å². The quantitative estimate of drug-likeness (QED) is 0.873. The molecule has 1 aromatic rings. The average molecular weight is 324 g/mol. The molecule has 22 heavy (non-hydrogen) atoms. The third kappa shape index (κ3) is 4.80. The van der Waals surface area contributed by atoms with Crippen molar-refractivity contribution in [2.45, 2.75) is 64.3 Å². The summed E-state index contributed by atoms with van der Waals surface area (Å²) in [5, 5.41) is 15.3. The average Bonchev–Trinajstić information content (AvgIpc) is 2.89. The molecule has 1 aliphatic rings. The van der Waals surface area contributed by atoms with E-state index in [0.29, 0.717) is 6.42 Å². The molecular formula is C16H24N2O3S. The van der Waals surface area contributed by atoms with Crippen molar-refractivity contribution in [3.8, 4) is 0 Å². The summed E-state index contributed by atoms with van der Waals surface area (Å²) in [5.41, 5.74) is 0.775. The van der Waals surface area contributed by atoms with Crippen LogP contribution in [-0.4, -0.2) is 28.0 Å². The van der Waals surface area contributed by atoms with Crippen LogP contribution in [0.15, 0.2) is 5.38 Å². The number of carbonyl (C=O) groups excluding carboxylic acids is 1. The summed E-state index contributed by atoms with van der Waals surface area (Å²) in [6.07, 6.45) is 6.61. The molecule has 122 valence electrons. The predicted octanol–water partition coefficient (Wildman–Crippen LogP) is 2.79. The molecule has 2 unspecified atom stereocenters.